The molecule has 6 heteroatoms. The van der Waals surface area contributed by atoms with Crippen LogP contribution in [0.4, 0.5) is 0 Å². The molecule has 4 rings (SSSR count). The normalized spacial score (nSPS) is 8.93. The number of carboxylic acid groups (broad SMARTS) is 1. The predicted octanol–water partition coefficient (Wildman–Crippen LogP) is 4.49. The Labute approximate surface area is 177 Å². The van der Waals surface area contributed by atoms with Crippen molar-refractivity contribution in [3.05, 3.63) is 120 Å². The van der Waals surface area contributed by atoms with E-state index in [0.29, 0.717) is 0 Å². The molecule has 1 N–H and O–H groups in total. The zero-order valence-electron chi connectivity index (χ0n) is 15.9. The van der Waals surface area contributed by atoms with Gasteiger partial charge in [-0.05, 0) is 41.3 Å². The van der Waals surface area contributed by atoms with Crippen LogP contribution in [0, 0.1) is 0 Å². The highest BCUT2D eigenvalue weighted by molar-refractivity contribution is 5.70. The van der Waals surface area contributed by atoms with Gasteiger partial charge in [0.05, 0.1) is 12.6 Å². The molecule has 0 fully saturated rings. The molecule has 0 aliphatic rings. The number of carbonyl (C=O) groups is 1. The van der Waals surface area contributed by atoms with Crippen LogP contribution in [0.5, 0.6) is 0 Å². The molecule has 0 radical (unpaired) electrons. The average Bonchev–Trinajstić information content (AvgIpc) is 2.78. The number of nitrogens with zero attached hydrogens (tertiary/aromatic N) is 4. The van der Waals surface area contributed by atoms with Crippen LogP contribution in [-0.2, 0) is 17.6 Å². The Morgan fingerprint density at radius 2 is 1.17 bits per heavy atom. The van der Waals surface area contributed by atoms with Gasteiger partial charge in [0.15, 0.2) is 0 Å². The molecule has 2 heterocycles. The first kappa shape index (κ1) is 24.1. The van der Waals surface area contributed by atoms with Crippen molar-refractivity contribution in [1.29, 1.82) is 0 Å². The van der Waals surface area contributed by atoms with Crippen molar-refractivity contribution >= 4 is 5.97 Å². The third-order valence-electron chi connectivity index (χ3n) is 3.58. The second-order valence-electron chi connectivity index (χ2n) is 5.88. The predicted molar refractivity (Wildman–Crippen MR) is 118 cm³/mol. The average molecular weight is 402 g/mol. The Morgan fingerprint density at radius 3 is 1.60 bits per heavy atom. The number of hydrogen-bond acceptors (Lipinski definition) is 5. The fraction of sp³-hybridized carbons (Fsp3) is 0.125. The van der Waals surface area contributed by atoms with Gasteiger partial charge >= 0.3 is 5.97 Å². The molecule has 0 saturated heterocycles. The van der Waals surface area contributed by atoms with Crippen molar-refractivity contribution in [3.63, 3.8) is 0 Å². The van der Waals surface area contributed by atoms with E-state index in [0.717, 1.165) is 12.0 Å². The molecule has 0 bridgehead atoms. The summed E-state index contributed by atoms with van der Waals surface area (Å²) in [5.74, 6) is -0.786. The van der Waals surface area contributed by atoms with Gasteiger partial charge in [0, 0.05) is 18.6 Å². The first-order valence-corrected chi connectivity index (χ1v) is 9.01. The molecule has 2 aromatic carbocycles. The zero-order valence-corrected chi connectivity index (χ0v) is 15.9. The Hall–Kier alpha value is -3.93. The number of hydrogen-bond donors (Lipinski definition) is 1. The Bertz CT molecular complexity index is 858. The summed E-state index contributed by atoms with van der Waals surface area (Å²) in [6.07, 6.45) is 7.84. The van der Waals surface area contributed by atoms with Gasteiger partial charge in [0.1, 0.15) is 0 Å². The highest BCUT2D eigenvalue weighted by Gasteiger charge is 1.96. The Kier molecular flexibility index (Phi) is 12.1. The molecule has 0 aliphatic heterocycles. The third-order valence-corrected chi connectivity index (χ3v) is 3.58. The van der Waals surface area contributed by atoms with Gasteiger partial charge in [-0.2, -0.15) is 20.4 Å². The number of carboxylic acids is 1. The van der Waals surface area contributed by atoms with Gasteiger partial charge in [0.2, 0.25) is 0 Å². The standard InChI is InChI=1S/C11H10N2.C8H8O2.C4H4N2.CH4/c1-2-4-10(5-3-1)8-11-6-7-12-13-9-11;9-8(10)6-7-4-2-1-3-5-7;1-2-4-6-5-3-1;/h1-7,9H,8H2;1-5H,6H2,(H,9,10);1-4H;1H4. The molecule has 0 saturated carbocycles. The fourth-order valence-corrected chi connectivity index (χ4v) is 2.28. The van der Waals surface area contributed by atoms with Crippen LogP contribution in [0.2, 0.25) is 0 Å². The van der Waals surface area contributed by atoms with E-state index in [-0.39, 0.29) is 13.8 Å². The summed E-state index contributed by atoms with van der Waals surface area (Å²) in [6.45, 7) is 0. The van der Waals surface area contributed by atoms with Crippen molar-refractivity contribution < 1.29 is 9.90 Å². The molecular weight excluding hydrogens is 376 g/mol. The van der Waals surface area contributed by atoms with Crippen molar-refractivity contribution in [2.45, 2.75) is 20.3 Å². The van der Waals surface area contributed by atoms with Crippen LogP contribution in [0.1, 0.15) is 24.1 Å². The minimum absolute atomic E-state index is 0. The van der Waals surface area contributed by atoms with Crippen LogP contribution in [0.25, 0.3) is 0 Å². The number of rotatable bonds is 4. The largest absolute Gasteiger partial charge is 0.481 e. The second-order valence-corrected chi connectivity index (χ2v) is 5.88. The number of benzene rings is 2. The molecule has 0 amide bonds. The van der Waals surface area contributed by atoms with Gasteiger partial charge < -0.3 is 5.11 Å². The fourth-order valence-electron chi connectivity index (χ4n) is 2.28. The van der Waals surface area contributed by atoms with E-state index in [1.165, 1.54) is 11.1 Å². The SMILES string of the molecule is C.O=C(O)Cc1ccccc1.c1ccc(Cc2ccnnc2)cc1.c1ccnnc1. The van der Waals surface area contributed by atoms with Crippen molar-refractivity contribution in [2.75, 3.05) is 0 Å². The second kappa shape index (κ2) is 15.0. The van der Waals surface area contributed by atoms with E-state index in [2.05, 4.69) is 32.5 Å². The van der Waals surface area contributed by atoms with E-state index in [1.807, 2.05) is 54.6 Å². The molecule has 30 heavy (non-hydrogen) atoms. The Morgan fingerprint density at radius 1 is 0.633 bits per heavy atom. The maximum atomic E-state index is 10.2. The van der Waals surface area contributed by atoms with Crippen molar-refractivity contribution in [1.82, 2.24) is 20.4 Å². The highest BCUT2D eigenvalue weighted by Crippen LogP contribution is 2.06. The molecule has 0 aliphatic carbocycles. The van der Waals surface area contributed by atoms with Crippen LogP contribution < -0.4 is 0 Å². The van der Waals surface area contributed by atoms with Gasteiger partial charge in [0.25, 0.3) is 0 Å². The molecule has 2 aromatic heterocycles. The van der Waals surface area contributed by atoms with Crippen molar-refractivity contribution in [2.24, 2.45) is 0 Å². The maximum absolute atomic E-state index is 10.2. The van der Waals surface area contributed by atoms with Gasteiger partial charge in [-0.1, -0.05) is 68.1 Å². The lowest BCUT2D eigenvalue weighted by atomic mass is 10.1. The summed E-state index contributed by atoms with van der Waals surface area (Å²) in [7, 11) is 0. The summed E-state index contributed by atoms with van der Waals surface area (Å²) in [6, 6.07) is 25.1. The van der Waals surface area contributed by atoms with Crippen LogP contribution in [-0.4, -0.2) is 31.5 Å². The molecule has 0 spiro atoms. The lowest BCUT2D eigenvalue weighted by Gasteiger charge is -1.98. The maximum Gasteiger partial charge on any atom is 0.307 e. The zero-order chi connectivity index (χ0) is 20.6. The van der Waals surface area contributed by atoms with Crippen LogP contribution in [0.15, 0.2) is 104 Å². The summed E-state index contributed by atoms with van der Waals surface area (Å²) in [5, 5.41) is 23.0. The third kappa shape index (κ3) is 11.0. The Balaban J connectivity index is 0.000000236. The highest BCUT2D eigenvalue weighted by atomic mass is 16.4. The summed E-state index contributed by atoms with van der Waals surface area (Å²) in [5.41, 5.74) is 3.34. The van der Waals surface area contributed by atoms with Gasteiger partial charge in [-0.15, -0.1) is 0 Å². The monoisotopic (exact) mass is 402 g/mol. The lowest BCUT2D eigenvalue weighted by molar-refractivity contribution is -0.136. The molecule has 154 valence electrons. The van der Waals surface area contributed by atoms with E-state index >= 15 is 0 Å². The van der Waals surface area contributed by atoms with E-state index in [1.54, 1.807) is 36.9 Å². The van der Waals surface area contributed by atoms with Crippen LogP contribution >= 0.6 is 0 Å². The topological polar surface area (TPSA) is 88.9 Å². The molecule has 0 unspecified atom stereocenters. The van der Waals surface area contributed by atoms with E-state index in [4.69, 9.17) is 5.11 Å². The van der Waals surface area contributed by atoms with E-state index < -0.39 is 5.97 Å². The van der Waals surface area contributed by atoms with Gasteiger partial charge in [-0.25, -0.2) is 0 Å². The number of aliphatic carboxylic acids is 1. The molecule has 0 atom stereocenters. The minimum atomic E-state index is -0.786. The van der Waals surface area contributed by atoms with Gasteiger partial charge in [-0.3, -0.25) is 4.79 Å². The smallest absolute Gasteiger partial charge is 0.307 e. The first-order valence-electron chi connectivity index (χ1n) is 9.01. The molecular formula is C24H26N4O2. The summed E-state index contributed by atoms with van der Waals surface area (Å²) >= 11 is 0. The molecule has 4 aromatic rings. The summed E-state index contributed by atoms with van der Waals surface area (Å²) in [4.78, 5) is 10.2. The van der Waals surface area contributed by atoms with Crippen molar-refractivity contribution in [3.8, 4) is 0 Å². The summed E-state index contributed by atoms with van der Waals surface area (Å²) < 4.78 is 0. The lowest BCUT2D eigenvalue weighted by Crippen LogP contribution is -1.98. The first-order chi connectivity index (χ1) is 14.2. The quantitative estimate of drug-likeness (QED) is 0.541. The van der Waals surface area contributed by atoms with Crippen LogP contribution in [0.3, 0.4) is 0 Å². The van der Waals surface area contributed by atoms with E-state index in [9.17, 15) is 4.79 Å². The minimum Gasteiger partial charge on any atom is -0.481 e. The molecule has 6 nitrogen and oxygen atoms in total. The number of aromatic nitrogens is 4.